The summed E-state index contributed by atoms with van der Waals surface area (Å²) in [6.07, 6.45) is 1.74. The zero-order chi connectivity index (χ0) is 9.42. The van der Waals surface area contributed by atoms with Crippen LogP contribution in [-0.2, 0) is 7.05 Å². The zero-order valence-electron chi connectivity index (χ0n) is 7.63. The van der Waals surface area contributed by atoms with Crippen molar-refractivity contribution in [3.63, 3.8) is 0 Å². The van der Waals surface area contributed by atoms with Crippen molar-refractivity contribution in [2.24, 2.45) is 12.0 Å². The largest absolute Gasteiger partial charge is 0.325 e. The third-order valence-corrected chi connectivity index (χ3v) is 1.95. The molecule has 0 saturated heterocycles. The number of aliphatic imine (C=N–C) groups is 1. The Balaban J connectivity index is 2.51. The molecule has 1 aromatic heterocycles. The first-order chi connectivity index (χ1) is 6.22. The Labute approximate surface area is 76.2 Å². The lowest BCUT2D eigenvalue weighted by Crippen LogP contribution is -2.34. The molecule has 0 fully saturated rings. The van der Waals surface area contributed by atoms with E-state index in [1.165, 1.54) is 0 Å². The summed E-state index contributed by atoms with van der Waals surface area (Å²) >= 11 is 0. The van der Waals surface area contributed by atoms with Crippen molar-refractivity contribution in [3.8, 4) is 0 Å². The van der Waals surface area contributed by atoms with Crippen LogP contribution in [0.15, 0.2) is 17.9 Å². The molecule has 1 aliphatic heterocycles. The Hall–Kier alpha value is -1.78. The van der Waals surface area contributed by atoms with Gasteiger partial charge in [-0.2, -0.15) is 0 Å². The van der Waals surface area contributed by atoms with Crippen LogP contribution in [0.5, 0.6) is 0 Å². The molecule has 0 aliphatic carbocycles. The first-order valence-corrected chi connectivity index (χ1v) is 3.94. The Morgan fingerprint density at radius 2 is 2.31 bits per heavy atom. The minimum Gasteiger partial charge on any atom is -0.325 e. The van der Waals surface area contributed by atoms with Crippen molar-refractivity contribution < 1.29 is 0 Å². The third kappa shape index (κ3) is 1.09. The number of rotatable bonds is 0. The molecule has 5 heteroatoms. The second-order valence-electron chi connectivity index (χ2n) is 2.85. The van der Waals surface area contributed by atoms with E-state index in [4.69, 9.17) is 0 Å². The average Bonchev–Trinajstić information content (AvgIpc) is 2.48. The maximum Gasteiger partial charge on any atom is 0.201 e. The molecule has 2 N–H and O–H groups in total. The summed E-state index contributed by atoms with van der Waals surface area (Å²) in [4.78, 5) is 8.20. The Kier molecular flexibility index (Phi) is 1.58. The Morgan fingerprint density at radius 3 is 3.00 bits per heavy atom. The van der Waals surface area contributed by atoms with Crippen LogP contribution in [0.4, 0.5) is 5.82 Å². The van der Waals surface area contributed by atoms with Gasteiger partial charge in [-0.05, 0) is 0 Å². The minimum atomic E-state index is 0.695. The highest BCUT2D eigenvalue weighted by Crippen LogP contribution is 2.22. The normalized spacial score (nSPS) is 18.0. The summed E-state index contributed by atoms with van der Waals surface area (Å²) in [5.74, 6) is 1.62. The Morgan fingerprint density at radius 1 is 1.54 bits per heavy atom. The van der Waals surface area contributed by atoms with Gasteiger partial charge in [0.25, 0.3) is 0 Å². The first kappa shape index (κ1) is 7.85. The summed E-state index contributed by atoms with van der Waals surface area (Å²) in [6, 6.07) is 0. The van der Waals surface area contributed by atoms with Crippen LogP contribution in [0.25, 0.3) is 5.70 Å². The van der Waals surface area contributed by atoms with Crippen molar-refractivity contribution in [2.45, 2.75) is 0 Å². The molecule has 68 valence electrons. The maximum absolute atomic E-state index is 4.19. The summed E-state index contributed by atoms with van der Waals surface area (Å²) in [5.41, 5.74) is 1.62. The fourth-order valence-corrected chi connectivity index (χ4v) is 1.26. The molecule has 0 unspecified atom stereocenters. The van der Waals surface area contributed by atoms with E-state index in [1.807, 2.05) is 11.6 Å². The number of nitrogens with zero attached hydrogens (tertiary/aromatic N) is 3. The second-order valence-corrected chi connectivity index (χ2v) is 2.85. The zero-order valence-corrected chi connectivity index (χ0v) is 7.63. The van der Waals surface area contributed by atoms with Crippen molar-refractivity contribution >= 4 is 17.5 Å². The summed E-state index contributed by atoms with van der Waals surface area (Å²) in [6.45, 7) is 3.86. The molecule has 2 rings (SSSR count). The quantitative estimate of drug-likeness (QED) is 0.602. The molecule has 1 aliphatic rings. The van der Waals surface area contributed by atoms with Gasteiger partial charge in [0, 0.05) is 14.1 Å². The molecule has 2 heterocycles. The molecular weight excluding hydrogens is 166 g/mol. The maximum atomic E-state index is 4.19. The van der Waals surface area contributed by atoms with Gasteiger partial charge in [-0.3, -0.25) is 4.99 Å². The van der Waals surface area contributed by atoms with E-state index in [2.05, 4.69) is 27.2 Å². The minimum absolute atomic E-state index is 0.695. The van der Waals surface area contributed by atoms with Crippen molar-refractivity contribution in [3.05, 3.63) is 18.6 Å². The highest BCUT2D eigenvalue weighted by Gasteiger charge is 2.19. The van der Waals surface area contributed by atoms with Gasteiger partial charge in [0.05, 0.1) is 12.0 Å². The summed E-state index contributed by atoms with van der Waals surface area (Å²) < 4.78 is 1.90. The molecule has 0 amide bonds. The molecule has 0 atom stereocenters. The monoisotopic (exact) mass is 177 g/mol. The number of fused-ring (bicyclic) bond motifs is 1. The van der Waals surface area contributed by atoms with Crippen LogP contribution in [0, 0.1) is 0 Å². The Bertz CT molecular complexity index is 387. The summed E-state index contributed by atoms with van der Waals surface area (Å²) in [7, 11) is 3.63. The van der Waals surface area contributed by atoms with E-state index in [0.717, 1.165) is 17.2 Å². The van der Waals surface area contributed by atoms with E-state index >= 15 is 0 Å². The van der Waals surface area contributed by atoms with Gasteiger partial charge < -0.3 is 15.2 Å². The van der Waals surface area contributed by atoms with E-state index in [9.17, 15) is 0 Å². The van der Waals surface area contributed by atoms with Gasteiger partial charge in [0.1, 0.15) is 11.5 Å². The number of hydrogen-bond acceptors (Lipinski definition) is 2. The number of anilines is 1. The fourth-order valence-electron chi connectivity index (χ4n) is 1.26. The molecule has 0 spiro atoms. The summed E-state index contributed by atoms with van der Waals surface area (Å²) in [5, 5.41) is 6.11. The number of aryl methyl sites for hydroxylation is 1. The topological polar surface area (TPSA) is 54.2 Å². The van der Waals surface area contributed by atoms with Crippen LogP contribution in [0.2, 0.25) is 0 Å². The van der Waals surface area contributed by atoms with Gasteiger partial charge >= 0.3 is 0 Å². The van der Waals surface area contributed by atoms with Crippen molar-refractivity contribution in [2.75, 3.05) is 12.4 Å². The van der Waals surface area contributed by atoms with Gasteiger partial charge in [0.2, 0.25) is 5.96 Å². The van der Waals surface area contributed by atoms with Crippen LogP contribution < -0.4 is 10.6 Å². The lowest BCUT2D eigenvalue weighted by molar-refractivity contribution is 0.920. The molecule has 0 bridgehead atoms. The van der Waals surface area contributed by atoms with Gasteiger partial charge in [-0.1, -0.05) is 6.58 Å². The highest BCUT2D eigenvalue weighted by atomic mass is 15.3. The van der Waals surface area contributed by atoms with Gasteiger partial charge in [-0.25, -0.2) is 4.98 Å². The number of hydrogen-bond donors (Lipinski definition) is 2. The molecule has 0 aromatic carbocycles. The highest BCUT2D eigenvalue weighted by molar-refractivity contribution is 6.03. The number of nitrogens with one attached hydrogen (secondary N) is 2. The molecule has 0 radical (unpaired) electrons. The van der Waals surface area contributed by atoms with Crippen LogP contribution in [0.3, 0.4) is 0 Å². The lowest BCUT2D eigenvalue weighted by atomic mass is 10.3. The first-order valence-electron chi connectivity index (χ1n) is 3.94. The van der Waals surface area contributed by atoms with E-state index in [0.29, 0.717) is 5.96 Å². The second kappa shape index (κ2) is 2.62. The molecule has 1 aromatic rings. The standard InChI is InChI=1S/C8H11N5/c1-5-6-7(13(3)4-10-6)12-8(9-2)11-5/h4H,1H2,2-3H3,(H2,9,11,12). The van der Waals surface area contributed by atoms with Crippen LogP contribution in [0.1, 0.15) is 5.69 Å². The van der Waals surface area contributed by atoms with Gasteiger partial charge in [-0.15, -0.1) is 0 Å². The third-order valence-electron chi connectivity index (χ3n) is 1.95. The molecule has 0 saturated carbocycles. The lowest BCUT2D eigenvalue weighted by Gasteiger charge is -2.19. The SMILES string of the molecule is C=C1NC(=NC)Nc2c1ncn2C. The van der Waals surface area contributed by atoms with Crippen molar-refractivity contribution in [1.29, 1.82) is 0 Å². The van der Waals surface area contributed by atoms with Gasteiger partial charge in [0.15, 0.2) is 0 Å². The fraction of sp³-hybridized carbons (Fsp3) is 0.250. The smallest absolute Gasteiger partial charge is 0.201 e. The number of aromatic nitrogens is 2. The van der Waals surface area contributed by atoms with E-state index < -0.39 is 0 Å². The number of guanidine groups is 1. The number of imidazole rings is 1. The van der Waals surface area contributed by atoms with E-state index in [1.54, 1.807) is 13.4 Å². The predicted molar refractivity (Wildman–Crippen MR) is 52.4 cm³/mol. The van der Waals surface area contributed by atoms with Crippen molar-refractivity contribution in [1.82, 2.24) is 14.9 Å². The molecule has 5 nitrogen and oxygen atoms in total. The van der Waals surface area contributed by atoms with E-state index in [-0.39, 0.29) is 0 Å². The molecular formula is C8H11N5. The predicted octanol–water partition coefficient (Wildman–Crippen LogP) is 0.392. The van der Waals surface area contributed by atoms with Crippen LogP contribution >= 0.6 is 0 Å². The average molecular weight is 177 g/mol. The van der Waals surface area contributed by atoms with Crippen LogP contribution in [-0.4, -0.2) is 22.6 Å². The molecule has 13 heavy (non-hydrogen) atoms.